The molecule has 12 heteroatoms. The van der Waals surface area contributed by atoms with Crippen LogP contribution in [0, 0.1) is 29.6 Å². The molecular formula is C38H50N6O6. The minimum Gasteiger partial charge on any atom is -0.444 e. The van der Waals surface area contributed by atoms with Crippen LogP contribution in [0.2, 0.25) is 0 Å². The highest BCUT2D eigenvalue weighted by molar-refractivity contribution is 5.93. The molecule has 3 N–H and O–H groups in total. The van der Waals surface area contributed by atoms with Gasteiger partial charge in [-0.05, 0) is 65.5 Å². The number of nitrogens with zero attached hydrogens (tertiary/aromatic N) is 4. The topological polar surface area (TPSA) is 164 Å². The summed E-state index contributed by atoms with van der Waals surface area (Å²) in [5.41, 5.74) is 2.92. The second-order valence-electron chi connectivity index (χ2n) is 13.3. The molecule has 0 aromatic carbocycles. The van der Waals surface area contributed by atoms with Gasteiger partial charge in [0.1, 0.15) is 5.78 Å². The minimum absolute atomic E-state index is 0. The molecule has 3 aliphatic rings. The van der Waals surface area contributed by atoms with E-state index in [-0.39, 0.29) is 63.2 Å². The smallest absolute Gasteiger partial charge is 0.313 e. The van der Waals surface area contributed by atoms with Gasteiger partial charge in [0, 0.05) is 75.5 Å². The molecule has 8 atom stereocenters. The number of esters is 1. The number of aliphatic hydroxyl groups excluding tert-OH is 1. The highest BCUT2D eigenvalue weighted by Gasteiger charge is 2.45. The molecule has 3 aromatic heterocycles. The standard InChI is InChI=1S/C24H26N4O5.C13H20N2O.CH4/c1-14-19(29)9-17(21(14)15-5-3-7-25-11-15)23(31)27-13-33-24(32)18-10-20(30)28(2)22(18)16-6-4-8-26-12-16;1-10-4-5-12(8-15-9-16)13(10)11-3-2-6-14-7-11;/h3-8,11-12,14,17-18,21-22H,9-10,13H2,1-2H3,(H,27,31);2-3,6-7,10,12-13,15-16H,4-5,8-9H2,1H3;1H4/t14-,17?,18?,21?,22?;10-,12?,13?;/m11./s1. The summed E-state index contributed by atoms with van der Waals surface area (Å²) in [5.74, 6) is -0.947. The van der Waals surface area contributed by atoms with Gasteiger partial charge in [0.15, 0.2) is 6.73 Å². The van der Waals surface area contributed by atoms with Crippen molar-refractivity contribution in [1.29, 1.82) is 0 Å². The molecule has 50 heavy (non-hydrogen) atoms. The number of hydrogen-bond acceptors (Lipinski definition) is 10. The molecule has 6 rings (SSSR count). The number of nitrogens with one attached hydrogen (secondary N) is 2. The third-order valence-corrected chi connectivity index (χ3v) is 10.4. The van der Waals surface area contributed by atoms with Crippen LogP contribution in [-0.4, -0.2) is 75.6 Å². The second-order valence-corrected chi connectivity index (χ2v) is 13.3. The zero-order chi connectivity index (χ0) is 34.9. The predicted octanol–water partition coefficient (Wildman–Crippen LogP) is 4.01. The fraction of sp³-hybridized carbons (Fsp3) is 0.500. The van der Waals surface area contributed by atoms with E-state index >= 15 is 0 Å². The van der Waals surface area contributed by atoms with Crippen molar-refractivity contribution in [1.82, 2.24) is 30.5 Å². The maximum Gasteiger partial charge on any atom is 0.313 e. The lowest BCUT2D eigenvalue weighted by Crippen LogP contribution is -2.36. The van der Waals surface area contributed by atoms with Gasteiger partial charge in [0.05, 0.1) is 24.6 Å². The van der Waals surface area contributed by atoms with Crippen LogP contribution in [-0.2, 0) is 23.9 Å². The van der Waals surface area contributed by atoms with Crippen LogP contribution in [0.5, 0.6) is 0 Å². The Labute approximate surface area is 294 Å². The molecule has 3 aromatic rings. The molecule has 0 radical (unpaired) electrons. The highest BCUT2D eigenvalue weighted by Crippen LogP contribution is 2.44. The zero-order valence-electron chi connectivity index (χ0n) is 28.3. The molecule has 2 aliphatic carbocycles. The van der Waals surface area contributed by atoms with Crippen molar-refractivity contribution >= 4 is 23.6 Å². The van der Waals surface area contributed by atoms with E-state index < -0.39 is 23.8 Å². The van der Waals surface area contributed by atoms with E-state index in [2.05, 4.69) is 38.6 Å². The normalized spacial score (nSPS) is 27.2. The van der Waals surface area contributed by atoms with Crippen LogP contribution >= 0.6 is 0 Å². The molecule has 0 bridgehead atoms. The van der Waals surface area contributed by atoms with E-state index in [1.807, 2.05) is 37.5 Å². The summed E-state index contributed by atoms with van der Waals surface area (Å²) in [6.07, 6.45) is 13.0. The number of rotatable bonds is 10. The number of Topliss-reactive ketones (excluding diaryl/α,β-unsaturated/α-hetero) is 1. The molecule has 3 fully saturated rings. The lowest BCUT2D eigenvalue weighted by molar-refractivity contribution is -0.151. The van der Waals surface area contributed by atoms with Crippen molar-refractivity contribution < 1.29 is 29.0 Å². The Morgan fingerprint density at radius 2 is 1.48 bits per heavy atom. The molecule has 2 saturated carbocycles. The third kappa shape index (κ3) is 8.78. The second kappa shape index (κ2) is 17.9. The van der Waals surface area contributed by atoms with E-state index in [4.69, 9.17) is 9.84 Å². The van der Waals surface area contributed by atoms with Crippen LogP contribution in [0.1, 0.15) is 81.5 Å². The number of hydrogen-bond donors (Lipinski definition) is 3. The Balaban J connectivity index is 0.000000277. The summed E-state index contributed by atoms with van der Waals surface area (Å²) in [7, 11) is 1.64. The van der Waals surface area contributed by atoms with E-state index in [0.29, 0.717) is 11.8 Å². The highest BCUT2D eigenvalue weighted by atomic mass is 16.5. The van der Waals surface area contributed by atoms with Gasteiger partial charge in [-0.1, -0.05) is 39.5 Å². The van der Waals surface area contributed by atoms with Crippen molar-refractivity contribution in [3.05, 3.63) is 90.3 Å². The summed E-state index contributed by atoms with van der Waals surface area (Å²) in [6.45, 7) is 4.78. The van der Waals surface area contributed by atoms with E-state index in [1.165, 1.54) is 23.3 Å². The van der Waals surface area contributed by atoms with Gasteiger partial charge in [0.2, 0.25) is 11.8 Å². The SMILES string of the molecule is C.C[C@@H]1C(=O)CC(C(=O)NCOC(=O)C2CC(=O)N(C)C2c2cccnc2)C1c1cccnc1.C[C@@H]1CCC(CNCO)C1c1cccnc1. The molecule has 1 aliphatic heterocycles. The quantitative estimate of drug-likeness (QED) is 0.210. The number of carbonyl (C=O) groups is 4. The number of aliphatic hydroxyl groups is 1. The van der Waals surface area contributed by atoms with Crippen LogP contribution in [0.15, 0.2) is 73.6 Å². The predicted molar refractivity (Wildman–Crippen MR) is 187 cm³/mol. The Hall–Kier alpha value is -4.55. The number of pyridine rings is 3. The summed E-state index contributed by atoms with van der Waals surface area (Å²) < 4.78 is 5.33. The van der Waals surface area contributed by atoms with Crippen molar-refractivity contribution in [2.24, 2.45) is 29.6 Å². The molecule has 6 unspecified atom stereocenters. The van der Waals surface area contributed by atoms with E-state index in [0.717, 1.165) is 23.6 Å². The number of amides is 2. The van der Waals surface area contributed by atoms with Gasteiger partial charge < -0.3 is 20.1 Å². The van der Waals surface area contributed by atoms with Gasteiger partial charge in [-0.3, -0.25) is 39.4 Å². The van der Waals surface area contributed by atoms with Crippen molar-refractivity contribution in [2.45, 2.75) is 64.8 Å². The first-order valence-corrected chi connectivity index (χ1v) is 16.9. The van der Waals surface area contributed by atoms with E-state index in [1.54, 1.807) is 44.0 Å². The molecular weight excluding hydrogens is 636 g/mol. The minimum atomic E-state index is -0.695. The molecule has 268 valence electrons. The van der Waals surface area contributed by atoms with Gasteiger partial charge in [-0.2, -0.15) is 0 Å². The first-order valence-electron chi connectivity index (χ1n) is 16.9. The van der Waals surface area contributed by atoms with Crippen LogP contribution in [0.3, 0.4) is 0 Å². The number of carbonyl (C=O) groups excluding carboxylic acids is 4. The Kier molecular flexibility index (Phi) is 13.7. The third-order valence-electron chi connectivity index (χ3n) is 10.4. The van der Waals surface area contributed by atoms with Crippen molar-refractivity contribution in [3.63, 3.8) is 0 Å². The van der Waals surface area contributed by atoms with Crippen molar-refractivity contribution in [3.8, 4) is 0 Å². The summed E-state index contributed by atoms with van der Waals surface area (Å²) in [5, 5.41) is 14.5. The molecule has 4 heterocycles. The first-order chi connectivity index (χ1) is 23.7. The first kappa shape index (κ1) is 38.3. The monoisotopic (exact) mass is 686 g/mol. The number of likely N-dealkylation sites (tertiary alicyclic amines) is 1. The summed E-state index contributed by atoms with van der Waals surface area (Å²) >= 11 is 0. The van der Waals surface area contributed by atoms with Crippen LogP contribution in [0.25, 0.3) is 0 Å². The van der Waals surface area contributed by atoms with Gasteiger partial charge in [-0.25, -0.2) is 0 Å². The Bertz CT molecular complexity index is 1480. The maximum atomic E-state index is 12.9. The lowest BCUT2D eigenvalue weighted by Gasteiger charge is -2.24. The molecule has 0 spiro atoms. The zero-order valence-corrected chi connectivity index (χ0v) is 28.3. The van der Waals surface area contributed by atoms with Gasteiger partial charge >= 0.3 is 5.97 Å². The van der Waals surface area contributed by atoms with Gasteiger partial charge in [0.25, 0.3) is 0 Å². The Morgan fingerprint density at radius 3 is 2.06 bits per heavy atom. The number of aromatic nitrogens is 3. The fourth-order valence-electron chi connectivity index (χ4n) is 7.89. The average molecular weight is 687 g/mol. The average Bonchev–Trinajstić information content (AvgIpc) is 3.76. The van der Waals surface area contributed by atoms with Crippen molar-refractivity contribution in [2.75, 3.05) is 27.1 Å². The van der Waals surface area contributed by atoms with Crippen LogP contribution in [0.4, 0.5) is 0 Å². The lowest BCUT2D eigenvalue weighted by atomic mass is 9.84. The fourth-order valence-corrected chi connectivity index (χ4v) is 7.89. The Morgan fingerprint density at radius 1 is 0.880 bits per heavy atom. The molecule has 12 nitrogen and oxygen atoms in total. The van der Waals surface area contributed by atoms with Crippen LogP contribution < -0.4 is 10.6 Å². The molecule has 2 amide bonds. The largest absolute Gasteiger partial charge is 0.444 e. The molecule has 1 saturated heterocycles. The van der Waals surface area contributed by atoms with Gasteiger partial charge in [-0.15, -0.1) is 0 Å². The van der Waals surface area contributed by atoms with E-state index in [9.17, 15) is 19.2 Å². The maximum absolute atomic E-state index is 12.9. The number of ketones is 1. The summed E-state index contributed by atoms with van der Waals surface area (Å²) in [6, 6.07) is 10.9. The summed E-state index contributed by atoms with van der Waals surface area (Å²) in [4.78, 5) is 64.1. The number of ether oxygens (including phenoxy) is 1.